The molecule has 0 radical (unpaired) electrons. The Morgan fingerprint density at radius 2 is 0.569 bits per heavy atom. The molecule has 0 heterocycles. The Bertz CT molecular complexity index is 1470. The molecule has 0 rings (SSSR count). The number of carbonyl (C=O) groups is 3. The summed E-state index contributed by atoms with van der Waals surface area (Å²) in [7, 11) is 0. The van der Waals surface area contributed by atoms with Gasteiger partial charge in [0.25, 0.3) is 0 Å². The van der Waals surface area contributed by atoms with Gasteiger partial charge in [-0.05, 0) is 103 Å². The number of esters is 3. The Hall–Kier alpha value is -3.93. The third-order valence-corrected chi connectivity index (χ3v) is 12.5. The normalized spacial score (nSPS) is 12.9. The van der Waals surface area contributed by atoms with Crippen LogP contribution in [0.1, 0.15) is 271 Å². The molecule has 0 fully saturated rings. The third kappa shape index (κ3) is 57.0. The van der Waals surface area contributed by atoms with Gasteiger partial charge in [0.2, 0.25) is 0 Å². The summed E-state index contributed by atoms with van der Waals surface area (Å²) in [4.78, 5) is 37.8. The maximum Gasteiger partial charge on any atom is 0.306 e. The van der Waals surface area contributed by atoms with Crippen molar-refractivity contribution in [1.82, 2.24) is 0 Å². The number of hydrogen-bond acceptors (Lipinski definition) is 6. The molecule has 6 nitrogen and oxygen atoms in total. The summed E-state index contributed by atoms with van der Waals surface area (Å²) in [6, 6.07) is 0. The summed E-state index contributed by atoms with van der Waals surface area (Å²) in [6.45, 7) is 6.39. The smallest absolute Gasteiger partial charge is 0.306 e. The van der Waals surface area contributed by atoms with Gasteiger partial charge in [0.05, 0.1) is 0 Å². The summed E-state index contributed by atoms with van der Waals surface area (Å²) in [5, 5.41) is 0. The van der Waals surface area contributed by atoms with Crippen molar-refractivity contribution in [2.45, 2.75) is 277 Å². The van der Waals surface area contributed by atoms with E-state index in [0.29, 0.717) is 19.3 Å². The van der Waals surface area contributed by atoms with Gasteiger partial charge >= 0.3 is 17.9 Å². The van der Waals surface area contributed by atoms with Crippen LogP contribution in [0.25, 0.3) is 0 Å². The minimum atomic E-state index is -0.781. The quantitative estimate of drug-likeness (QED) is 0.0261. The first kappa shape index (κ1) is 68.1. The molecule has 0 aromatic carbocycles. The zero-order chi connectivity index (χ0) is 52.2. The molecule has 0 amide bonds. The summed E-state index contributed by atoms with van der Waals surface area (Å²) < 4.78 is 16.7. The number of unbranched alkanes of at least 4 members (excludes halogenated alkanes) is 24. The number of ether oxygens (including phenoxy) is 3. The lowest BCUT2D eigenvalue weighted by Crippen LogP contribution is -2.30. The van der Waals surface area contributed by atoms with Crippen LogP contribution in [-0.2, 0) is 28.6 Å². The van der Waals surface area contributed by atoms with Crippen LogP contribution in [0.5, 0.6) is 0 Å². The van der Waals surface area contributed by atoms with E-state index in [0.717, 1.165) is 135 Å². The molecule has 0 aliphatic carbocycles. The second-order valence-corrected chi connectivity index (χ2v) is 19.5. The minimum Gasteiger partial charge on any atom is -0.462 e. The van der Waals surface area contributed by atoms with Crippen LogP contribution in [0.2, 0.25) is 0 Å². The molecule has 0 N–H and O–H groups in total. The molecule has 0 spiro atoms. The molecule has 1 unspecified atom stereocenters. The first-order valence-electron chi connectivity index (χ1n) is 29.9. The van der Waals surface area contributed by atoms with Crippen molar-refractivity contribution in [1.29, 1.82) is 0 Å². The Labute approximate surface area is 444 Å². The van der Waals surface area contributed by atoms with Crippen LogP contribution >= 0.6 is 0 Å². The molecule has 72 heavy (non-hydrogen) atoms. The maximum atomic E-state index is 12.7. The van der Waals surface area contributed by atoms with Crippen molar-refractivity contribution < 1.29 is 28.6 Å². The van der Waals surface area contributed by atoms with E-state index < -0.39 is 6.10 Å². The highest BCUT2D eigenvalue weighted by Gasteiger charge is 2.19. The van der Waals surface area contributed by atoms with Crippen molar-refractivity contribution >= 4 is 17.9 Å². The summed E-state index contributed by atoms with van der Waals surface area (Å²) >= 11 is 0. The van der Waals surface area contributed by atoms with Crippen LogP contribution in [0.3, 0.4) is 0 Å². The lowest BCUT2D eigenvalue weighted by atomic mass is 10.0. The van der Waals surface area contributed by atoms with E-state index in [4.69, 9.17) is 14.2 Å². The van der Waals surface area contributed by atoms with Crippen LogP contribution in [0.4, 0.5) is 0 Å². The van der Waals surface area contributed by atoms with Gasteiger partial charge < -0.3 is 14.2 Å². The molecule has 0 aromatic heterocycles. The molecule has 0 bridgehead atoms. The van der Waals surface area contributed by atoms with Crippen molar-refractivity contribution in [2.75, 3.05) is 13.2 Å². The highest BCUT2D eigenvalue weighted by Crippen LogP contribution is 2.15. The van der Waals surface area contributed by atoms with Crippen molar-refractivity contribution in [3.05, 3.63) is 109 Å². The molecule has 1 atom stereocenters. The van der Waals surface area contributed by atoms with E-state index in [9.17, 15) is 14.4 Å². The average molecular weight is 1000 g/mol. The molecule has 0 aliphatic rings. The van der Waals surface area contributed by atoms with Crippen LogP contribution < -0.4 is 0 Å². The standard InChI is InChI=1S/C66H110O6/c1-4-7-10-13-16-18-20-22-23-24-25-26-27-28-29-30-31-32-33-34-35-36-37-38-39-40-41-42-43-45-46-48-50-53-56-59-65(68)71-62-63(61-70-64(67)58-55-52-15-12-9-6-3)72-66(69)60-57-54-51-49-47-44-21-19-17-14-11-8-5-2/h7,10-11,14,16,18-19,21-23,25-26,28-29,31-32,34-35,63H,4-6,8-9,12-13,15,17,20,24,27,30,33,36-62H2,1-3H3/b10-7-,14-11-,18-16-,21-19-,23-22-,26-25-,29-28-,32-31-,35-34-. The van der Waals surface area contributed by atoms with Crippen molar-refractivity contribution in [3.8, 4) is 0 Å². The second-order valence-electron chi connectivity index (χ2n) is 19.5. The summed E-state index contributed by atoms with van der Waals surface area (Å²) in [5.41, 5.74) is 0. The largest absolute Gasteiger partial charge is 0.462 e. The predicted octanol–water partition coefficient (Wildman–Crippen LogP) is 20.3. The maximum absolute atomic E-state index is 12.7. The molecule has 6 heteroatoms. The molecule has 0 saturated carbocycles. The van der Waals surface area contributed by atoms with Crippen molar-refractivity contribution in [3.63, 3.8) is 0 Å². The highest BCUT2D eigenvalue weighted by molar-refractivity contribution is 5.71. The summed E-state index contributed by atoms with van der Waals surface area (Å²) in [6.07, 6.45) is 81.3. The van der Waals surface area contributed by atoms with Gasteiger partial charge in [0.15, 0.2) is 6.10 Å². The topological polar surface area (TPSA) is 78.9 Å². The van der Waals surface area contributed by atoms with E-state index in [1.807, 2.05) is 0 Å². The van der Waals surface area contributed by atoms with Gasteiger partial charge in [-0.2, -0.15) is 0 Å². The molecule has 410 valence electrons. The Balaban J connectivity index is 4.00. The molecular formula is C66H110O6. The lowest BCUT2D eigenvalue weighted by Gasteiger charge is -2.18. The zero-order valence-corrected chi connectivity index (χ0v) is 46.9. The minimum absolute atomic E-state index is 0.0826. The molecule has 0 aliphatic heterocycles. The number of rotatable bonds is 53. The predicted molar refractivity (Wildman–Crippen MR) is 311 cm³/mol. The van der Waals surface area contributed by atoms with Crippen molar-refractivity contribution in [2.24, 2.45) is 0 Å². The number of hydrogen-bond donors (Lipinski definition) is 0. The van der Waals surface area contributed by atoms with Gasteiger partial charge in [0.1, 0.15) is 13.2 Å². The zero-order valence-electron chi connectivity index (χ0n) is 46.9. The van der Waals surface area contributed by atoms with Gasteiger partial charge in [-0.15, -0.1) is 0 Å². The van der Waals surface area contributed by atoms with Gasteiger partial charge in [0, 0.05) is 19.3 Å². The van der Waals surface area contributed by atoms with Gasteiger partial charge in [-0.25, -0.2) is 0 Å². The molecular weight excluding hydrogens is 889 g/mol. The van der Waals surface area contributed by atoms with Crippen LogP contribution in [0, 0.1) is 0 Å². The fraction of sp³-hybridized carbons (Fsp3) is 0.682. The highest BCUT2D eigenvalue weighted by atomic mass is 16.6. The Kier molecular flexibility index (Phi) is 56.4. The fourth-order valence-corrected chi connectivity index (χ4v) is 8.05. The van der Waals surface area contributed by atoms with Crippen LogP contribution in [0.15, 0.2) is 109 Å². The van der Waals surface area contributed by atoms with E-state index in [-0.39, 0.29) is 31.1 Å². The SMILES string of the molecule is CC/C=C\C/C=C\C/C=C\C/C=C\C/C=C\C/C=C\C/C=C\CCCCCCCCCCCCCCCC(=O)OCC(COC(=O)CCCCCCCC)OC(=O)CCCCCCC/C=C\C/C=C\CCC. The van der Waals surface area contributed by atoms with Gasteiger partial charge in [-0.3, -0.25) is 14.4 Å². The number of allylic oxidation sites excluding steroid dienone is 18. The average Bonchev–Trinajstić information content (AvgIpc) is 3.38. The van der Waals surface area contributed by atoms with E-state index in [2.05, 4.69) is 130 Å². The first-order chi connectivity index (χ1) is 35.5. The molecule has 0 aromatic rings. The van der Waals surface area contributed by atoms with Gasteiger partial charge in [-0.1, -0.05) is 259 Å². The monoisotopic (exact) mass is 999 g/mol. The lowest BCUT2D eigenvalue weighted by molar-refractivity contribution is -0.167. The Morgan fingerprint density at radius 1 is 0.292 bits per heavy atom. The fourth-order valence-electron chi connectivity index (χ4n) is 8.05. The van der Waals surface area contributed by atoms with Crippen LogP contribution in [-0.4, -0.2) is 37.2 Å². The second kappa shape index (κ2) is 59.6. The number of carbonyl (C=O) groups excluding carboxylic acids is 3. The van der Waals surface area contributed by atoms with E-state index >= 15 is 0 Å². The molecule has 0 saturated heterocycles. The Morgan fingerprint density at radius 3 is 0.903 bits per heavy atom. The summed E-state index contributed by atoms with van der Waals surface area (Å²) in [5.74, 6) is -0.907. The van der Waals surface area contributed by atoms with E-state index in [1.165, 1.54) is 96.3 Å². The van der Waals surface area contributed by atoms with E-state index in [1.54, 1.807) is 0 Å². The first-order valence-corrected chi connectivity index (χ1v) is 29.9. The third-order valence-electron chi connectivity index (χ3n) is 12.5.